The number of hydrogen-bond acceptors (Lipinski definition) is 6. The Hall–Kier alpha value is -1.03. The van der Waals surface area contributed by atoms with Gasteiger partial charge in [-0.2, -0.15) is 4.08 Å². The average molecular weight is 422 g/mol. The highest BCUT2D eigenvalue weighted by Gasteiger charge is 2.38. The van der Waals surface area contributed by atoms with Gasteiger partial charge < -0.3 is 24.2 Å². The molecule has 2 rings (SSSR count). The number of benzene rings is 1. The second-order valence-electron chi connectivity index (χ2n) is 6.28. The molecule has 146 valence electrons. The van der Waals surface area contributed by atoms with Gasteiger partial charge in [-0.3, -0.25) is 0 Å². The first-order chi connectivity index (χ1) is 12.0. The number of nitrogens with one attached hydrogen (secondary N) is 1. The van der Waals surface area contributed by atoms with E-state index in [1.807, 2.05) is 19.9 Å². The molecule has 1 aliphatic heterocycles. The van der Waals surface area contributed by atoms with Crippen LogP contribution in [0.15, 0.2) is 18.2 Å². The van der Waals surface area contributed by atoms with Gasteiger partial charge in [-0.1, -0.05) is 18.2 Å². The fourth-order valence-corrected chi connectivity index (χ4v) is 6.33. The van der Waals surface area contributed by atoms with Crippen molar-refractivity contribution in [3.63, 3.8) is 0 Å². The number of carboxylic acid groups (broad SMARTS) is 1. The normalized spacial score (nSPS) is 18.1. The van der Waals surface area contributed by atoms with Crippen molar-refractivity contribution < 1.29 is 27.9 Å². The maximum Gasteiger partial charge on any atom is 0.405 e. The van der Waals surface area contributed by atoms with Crippen LogP contribution in [0.4, 0.5) is 4.79 Å². The molecule has 1 aliphatic rings. The zero-order chi connectivity index (χ0) is 19.7. The summed E-state index contributed by atoms with van der Waals surface area (Å²) in [5.41, 5.74) is 0.990. The Bertz CT molecular complexity index is 765. The second kappa shape index (κ2) is 7.92. The van der Waals surface area contributed by atoms with Gasteiger partial charge in [0, 0.05) is 33.3 Å². The first-order valence-electron chi connectivity index (χ1n) is 7.71. The van der Waals surface area contributed by atoms with Gasteiger partial charge in [-0.15, -0.1) is 0 Å². The Morgan fingerprint density at radius 2 is 2.08 bits per heavy atom. The lowest BCUT2D eigenvalue weighted by Gasteiger charge is -2.30. The molecule has 2 unspecified atom stereocenters. The van der Waals surface area contributed by atoms with E-state index in [9.17, 15) is 14.1 Å². The predicted octanol–water partition coefficient (Wildman–Crippen LogP) is 2.78. The monoisotopic (exact) mass is 422 g/mol. The van der Waals surface area contributed by atoms with Crippen LogP contribution >= 0.6 is 6.64 Å². The van der Waals surface area contributed by atoms with Crippen LogP contribution in [0, 0.1) is 0 Å². The summed E-state index contributed by atoms with van der Waals surface area (Å²) in [6, 6.07) is 5.39. The van der Waals surface area contributed by atoms with Gasteiger partial charge in [0.05, 0.1) is 0 Å². The molecule has 0 fully saturated rings. The highest BCUT2D eigenvalue weighted by Crippen LogP contribution is 2.52. The lowest BCUT2D eigenvalue weighted by Crippen LogP contribution is -2.36. The molecule has 1 amide bonds. The minimum absolute atomic E-state index is 0.423. The van der Waals surface area contributed by atoms with Crippen molar-refractivity contribution in [3.8, 4) is 5.75 Å². The van der Waals surface area contributed by atoms with Gasteiger partial charge in [0.15, 0.2) is 5.37 Å². The third-order valence-electron chi connectivity index (χ3n) is 3.93. The first-order valence-corrected chi connectivity index (χ1v) is 11.5. The Balaban J connectivity index is 2.48. The Morgan fingerprint density at radius 3 is 2.62 bits per heavy atom. The Labute approximate surface area is 160 Å². The molecule has 11 heteroatoms. The first kappa shape index (κ1) is 21.3. The molecule has 0 saturated heterocycles. The molecular weight excluding hydrogens is 399 g/mol. The molecule has 2 N–H and O–H groups in total. The van der Waals surface area contributed by atoms with Crippen LogP contribution in [0.25, 0.3) is 0 Å². The molecule has 0 aliphatic carbocycles. The fourth-order valence-electron chi connectivity index (χ4n) is 2.75. The smallest absolute Gasteiger partial charge is 0.405 e. The maximum absolute atomic E-state index is 13.2. The van der Waals surface area contributed by atoms with Gasteiger partial charge in [0.25, 0.3) is 6.64 Å². The molecular formula is C15H23N2O6PS2. The van der Waals surface area contributed by atoms with Crippen LogP contribution in [0.5, 0.6) is 5.75 Å². The van der Waals surface area contributed by atoms with Crippen molar-refractivity contribution in [2.45, 2.75) is 31.2 Å². The highest BCUT2D eigenvalue weighted by atomic mass is 32.5. The molecule has 0 bridgehead atoms. The van der Waals surface area contributed by atoms with Crippen LogP contribution in [-0.4, -0.2) is 46.4 Å². The summed E-state index contributed by atoms with van der Waals surface area (Å²) >= 11 is 5.31. The molecule has 2 atom stereocenters. The van der Waals surface area contributed by atoms with E-state index in [4.69, 9.17) is 25.6 Å². The van der Waals surface area contributed by atoms with Crippen molar-refractivity contribution >= 4 is 35.5 Å². The van der Waals surface area contributed by atoms with E-state index in [2.05, 4.69) is 5.32 Å². The summed E-state index contributed by atoms with van der Waals surface area (Å²) in [6.07, 6.45) is -0.637. The maximum atomic E-state index is 13.2. The number of rotatable bonds is 7. The third kappa shape index (κ3) is 4.27. The zero-order valence-corrected chi connectivity index (χ0v) is 17.7. The summed E-state index contributed by atoms with van der Waals surface area (Å²) in [7, 11) is 2.31. The quantitative estimate of drug-likeness (QED) is 0.652. The standard InChI is InChI=1S/C15H23N2O6PS2/c1-15(2)9-10-7-6-8-11(12(10)23-15)13(16-14(18)19)26(20)17(3)24(25,21-4)22-5/h6-8,13,16H,9H2,1-5H3,(H,18,19). The van der Waals surface area contributed by atoms with Crippen molar-refractivity contribution in [1.29, 1.82) is 0 Å². The predicted molar refractivity (Wildman–Crippen MR) is 103 cm³/mol. The summed E-state index contributed by atoms with van der Waals surface area (Å²) in [4.78, 5) is 11.3. The van der Waals surface area contributed by atoms with E-state index in [0.29, 0.717) is 17.7 Å². The van der Waals surface area contributed by atoms with E-state index in [0.717, 1.165) is 5.56 Å². The van der Waals surface area contributed by atoms with Crippen LogP contribution in [0.2, 0.25) is 0 Å². The molecule has 0 saturated carbocycles. The largest absolute Gasteiger partial charge is 0.487 e. The molecule has 8 nitrogen and oxygen atoms in total. The SMILES string of the molecule is COP(=S)(OC)N(C)S(=O)C(NC(=O)O)c1cccc2c1OC(C)(C)C2. The molecule has 1 heterocycles. The van der Waals surface area contributed by atoms with Gasteiger partial charge in [0.2, 0.25) is 0 Å². The number of amides is 1. The molecule has 0 spiro atoms. The molecule has 1 aromatic rings. The second-order valence-corrected chi connectivity index (χ2v) is 11.8. The van der Waals surface area contributed by atoms with Crippen molar-refractivity contribution in [1.82, 2.24) is 9.39 Å². The minimum atomic E-state index is -3.00. The van der Waals surface area contributed by atoms with E-state index < -0.39 is 34.7 Å². The number of nitrogens with zero attached hydrogens (tertiary/aromatic N) is 1. The number of fused-ring (bicyclic) bond motifs is 1. The minimum Gasteiger partial charge on any atom is -0.487 e. The molecule has 1 aromatic carbocycles. The van der Waals surface area contributed by atoms with Crippen LogP contribution in [0.3, 0.4) is 0 Å². The van der Waals surface area contributed by atoms with Gasteiger partial charge in [-0.05, 0) is 31.2 Å². The molecule has 26 heavy (non-hydrogen) atoms. The van der Waals surface area contributed by atoms with E-state index in [1.54, 1.807) is 12.1 Å². The number of carbonyl (C=O) groups is 1. The zero-order valence-electron chi connectivity index (χ0n) is 15.2. The Morgan fingerprint density at radius 1 is 1.46 bits per heavy atom. The van der Waals surface area contributed by atoms with Crippen molar-refractivity contribution in [2.24, 2.45) is 0 Å². The Kier molecular flexibility index (Phi) is 6.48. The van der Waals surface area contributed by atoms with Crippen LogP contribution in [0.1, 0.15) is 30.3 Å². The van der Waals surface area contributed by atoms with E-state index in [1.165, 1.54) is 25.3 Å². The summed E-state index contributed by atoms with van der Waals surface area (Å²) in [5, 5.41) is 10.5. The molecule has 0 aromatic heterocycles. The third-order valence-corrected chi connectivity index (χ3v) is 9.90. The average Bonchev–Trinajstić information content (AvgIpc) is 2.91. The van der Waals surface area contributed by atoms with Crippen LogP contribution < -0.4 is 10.1 Å². The lowest BCUT2D eigenvalue weighted by molar-refractivity contribution is 0.137. The fraction of sp³-hybridized carbons (Fsp3) is 0.533. The summed E-state index contributed by atoms with van der Waals surface area (Å²) in [5.74, 6) is 0.543. The van der Waals surface area contributed by atoms with Crippen molar-refractivity contribution in [2.75, 3.05) is 21.3 Å². The number of ether oxygens (including phenoxy) is 1. The van der Waals surface area contributed by atoms with Gasteiger partial charge >= 0.3 is 6.09 Å². The van der Waals surface area contributed by atoms with Crippen molar-refractivity contribution in [3.05, 3.63) is 29.3 Å². The highest BCUT2D eigenvalue weighted by molar-refractivity contribution is 8.12. The number of hydrogen-bond donors (Lipinski definition) is 2. The van der Waals surface area contributed by atoms with Crippen LogP contribution in [-0.2, 0) is 38.3 Å². The van der Waals surface area contributed by atoms with Gasteiger partial charge in [0.1, 0.15) is 22.3 Å². The summed E-state index contributed by atoms with van der Waals surface area (Å²) in [6.45, 7) is 0.881. The van der Waals surface area contributed by atoms with Gasteiger partial charge in [-0.25, -0.2) is 9.00 Å². The topological polar surface area (TPSA) is 97.3 Å². The van der Waals surface area contributed by atoms with E-state index in [-0.39, 0.29) is 0 Å². The van der Waals surface area contributed by atoms with E-state index >= 15 is 0 Å². The lowest BCUT2D eigenvalue weighted by atomic mass is 10.0. The summed E-state index contributed by atoms with van der Waals surface area (Å²) < 4.78 is 30.8. The number of para-hydroxylation sites is 1. The molecule has 0 radical (unpaired) electrons.